The van der Waals surface area contributed by atoms with E-state index in [9.17, 15) is 14.7 Å². The van der Waals surface area contributed by atoms with E-state index in [1.165, 1.54) is 12.1 Å². The lowest BCUT2D eigenvalue weighted by atomic mass is 10.2. The number of hydrogen-bond acceptors (Lipinski definition) is 4. The molecule has 0 saturated carbocycles. The Bertz CT molecular complexity index is 565. The number of aliphatic hydroxyl groups is 1. The molecule has 114 valence electrons. The highest BCUT2D eigenvalue weighted by Gasteiger charge is 2.38. The summed E-state index contributed by atoms with van der Waals surface area (Å²) < 4.78 is 5.27. The van der Waals surface area contributed by atoms with Crippen LogP contribution in [-0.2, 0) is 9.59 Å². The Hall–Kier alpha value is -1.50. The van der Waals surface area contributed by atoms with Crippen molar-refractivity contribution < 1.29 is 24.5 Å². The molecule has 1 saturated heterocycles. The number of carbonyl (C=O) groups is 2. The van der Waals surface area contributed by atoms with Gasteiger partial charge in [-0.1, -0.05) is 23.2 Å². The third kappa shape index (κ3) is 3.78. The second-order valence-corrected chi connectivity index (χ2v) is 5.50. The van der Waals surface area contributed by atoms with Crippen LogP contribution < -0.4 is 4.74 Å². The minimum atomic E-state index is -1.15. The molecule has 0 aromatic heterocycles. The standard InChI is InChI=1S/C13H13Cl2NO5/c14-7-1-2-11(9(15)3-7)21-6-12(18)16-5-8(17)4-10(16)13(19)20/h1-3,8,10,17H,4-6H2,(H,19,20). The third-order valence-corrected chi connectivity index (χ3v) is 3.66. The van der Waals surface area contributed by atoms with Crippen molar-refractivity contribution in [1.29, 1.82) is 0 Å². The number of benzene rings is 1. The van der Waals surface area contributed by atoms with Gasteiger partial charge in [-0.25, -0.2) is 4.79 Å². The van der Waals surface area contributed by atoms with Gasteiger partial charge in [0.2, 0.25) is 0 Å². The first-order valence-electron chi connectivity index (χ1n) is 6.16. The first kappa shape index (κ1) is 15.9. The Labute approximate surface area is 130 Å². The number of likely N-dealkylation sites (tertiary alicyclic amines) is 1. The smallest absolute Gasteiger partial charge is 0.326 e. The maximum Gasteiger partial charge on any atom is 0.326 e. The highest BCUT2D eigenvalue weighted by molar-refractivity contribution is 6.35. The van der Waals surface area contributed by atoms with Crippen LogP contribution in [0, 0.1) is 0 Å². The lowest BCUT2D eigenvalue weighted by molar-refractivity contribution is -0.148. The maximum absolute atomic E-state index is 12.0. The van der Waals surface area contributed by atoms with Crippen LogP contribution in [-0.4, -0.2) is 52.3 Å². The predicted molar refractivity (Wildman–Crippen MR) is 75.7 cm³/mol. The number of nitrogens with zero attached hydrogens (tertiary/aromatic N) is 1. The van der Waals surface area contributed by atoms with Crippen LogP contribution in [0.1, 0.15) is 6.42 Å². The molecule has 1 amide bonds. The van der Waals surface area contributed by atoms with Crippen molar-refractivity contribution in [3.05, 3.63) is 28.2 Å². The number of carboxylic acid groups (broad SMARTS) is 1. The summed E-state index contributed by atoms with van der Waals surface area (Å²) in [7, 11) is 0. The van der Waals surface area contributed by atoms with E-state index in [0.29, 0.717) is 5.02 Å². The summed E-state index contributed by atoms with van der Waals surface area (Å²) in [5.41, 5.74) is 0. The highest BCUT2D eigenvalue weighted by Crippen LogP contribution is 2.27. The molecule has 1 aromatic carbocycles. The number of halogens is 2. The van der Waals surface area contributed by atoms with Gasteiger partial charge in [-0.15, -0.1) is 0 Å². The van der Waals surface area contributed by atoms with E-state index >= 15 is 0 Å². The molecule has 1 aliphatic heterocycles. The zero-order chi connectivity index (χ0) is 15.6. The van der Waals surface area contributed by atoms with Gasteiger partial charge in [-0.3, -0.25) is 4.79 Å². The topological polar surface area (TPSA) is 87.1 Å². The van der Waals surface area contributed by atoms with Gasteiger partial charge in [0.25, 0.3) is 5.91 Å². The molecular weight excluding hydrogens is 321 g/mol. The van der Waals surface area contributed by atoms with E-state index < -0.39 is 24.0 Å². The van der Waals surface area contributed by atoms with Crippen LogP contribution in [0.5, 0.6) is 5.75 Å². The van der Waals surface area contributed by atoms with Crippen molar-refractivity contribution in [2.45, 2.75) is 18.6 Å². The number of amides is 1. The molecule has 0 bridgehead atoms. The summed E-state index contributed by atoms with van der Waals surface area (Å²) >= 11 is 11.7. The van der Waals surface area contributed by atoms with Crippen LogP contribution in [0.3, 0.4) is 0 Å². The number of aliphatic carboxylic acids is 1. The van der Waals surface area contributed by atoms with E-state index in [2.05, 4.69) is 0 Å². The van der Waals surface area contributed by atoms with Gasteiger partial charge in [0.1, 0.15) is 11.8 Å². The van der Waals surface area contributed by atoms with Crippen LogP contribution in [0.4, 0.5) is 0 Å². The second-order valence-electron chi connectivity index (χ2n) is 4.65. The summed E-state index contributed by atoms with van der Waals surface area (Å²) in [6, 6.07) is 3.53. The van der Waals surface area contributed by atoms with Crippen LogP contribution in [0.25, 0.3) is 0 Å². The van der Waals surface area contributed by atoms with E-state index in [1.54, 1.807) is 6.07 Å². The summed E-state index contributed by atoms with van der Waals surface area (Å²) in [6.07, 6.45) is -0.822. The maximum atomic E-state index is 12.0. The number of carbonyl (C=O) groups excluding carboxylic acids is 1. The lowest BCUT2D eigenvalue weighted by Crippen LogP contribution is -2.42. The number of carboxylic acids is 1. The minimum Gasteiger partial charge on any atom is -0.482 e. The Morgan fingerprint density at radius 2 is 2.10 bits per heavy atom. The number of hydrogen-bond donors (Lipinski definition) is 2. The van der Waals surface area contributed by atoms with Crippen molar-refractivity contribution in [2.24, 2.45) is 0 Å². The summed E-state index contributed by atoms with van der Waals surface area (Å²) in [4.78, 5) is 24.2. The average molecular weight is 334 g/mol. The highest BCUT2D eigenvalue weighted by atomic mass is 35.5. The van der Waals surface area contributed by atoms with Gasteiger partial charge in [0.15, 0.2) is 6.61 Å². The van der Waals surface area contributed by atoms with Crippen LogP contribution >= 0.6 is 23.2 Å². The Morgan fingerprint density at radius 1 is 1.38 bits per heavy atom. The van der Waals surface area contributed by atoms with Gasteiger partial charge >= 0.3 is 5.97 Å². The largest absolute Gasteiger partial charge is 0.482 e. The van der Waals surface area contributed by atoms with Crippen molar-refractivity contribution in [3.63, 3.8) is 0 Å². The average Bonchev–Trinajstić information content (AvgIpc) is 2.80. The molecule has 0 aliphatic carbocycles. The minimum absolute atomic E-state index is 0.0166. The molecular formula is C13H13Cl2NO5. The fraction of sp³-hybridized carbons (Fsp3) is 0.385. The molecule has 1 heterocycles. The van der Waals surface area contributed by atoms with Crippen molar-refractivity contribution in [1.82, 2.24) is 4.90 Å². The fourth-order valence-corrected chi connectivity index (χ4v) is 2.60. The van der Waals surface area contributed by atoms with E-state index in [0.717, 1.165) is 4.90 Å². The molecule has 21 heavy (non-hydrogen) atoms. The van der Waals surface area contributed by atoms with Gasteiger partial charge in [-0.2, -0.15) is 0 Å². The van der Waals surface area contributed by atoms with Gasteiger partial charge in [0.05, 0.1) is 11.1 Å². The molecule has 6 nitrogen and oxygen atoms in total. The first-order chi connectivity index (χ1) is 9.88. The summed E-state index contributed by atoms with van der Waals surface area (Å²) in [5.74, 6) is -1.39. The molecule has 1 fully saturated rings. The zero-order valence-corrected chi connectivity index (χ0v) is 12.3. The molecule has 2 rings (SSSR count). The van der Waals surface area contributed by atoms with E-state index in [-0.39, 0.29) is 30.3 Å². The fourth-order valence-electron chi connectivity index (χ4n) is 2.14. The Kier molecular flexibility index (Phi) is 4.92. The van der Waals surface area contributed by atoms with Gasteiger partial charge in [0, 0.05) is 18.0 Å². The molecule has 0 spiro atoms. The third-order valence-electron chi connectivity index (χ3n) is 3.13. The molecule has 8 heteroatoms. The van der Waals surface area contributed by atoms with Crippen molar-refractivity contribution in [3.8, 4) is 5.75 Å². The number of ether oxygens (including phenoxy) is 1. The van der Waals surface area contributed by atoms with Crippen LogP contribution in [0.15, 0.2) is 18.2 Å². The second kappa shape index (κ2) is 6.51. The van der Waals surface area contributed by atoms with Crippen molar-refractivity contribution >= 4 is 35.1 Å². The molecule has 0 radical (unpaired) electrons. The van der Waals surface area contributed by atoms with Crippen LogP contribution in [0.2, 0.25) is 10.0 Å². The SMILES string of the molecule is O=C(O)C1CC(O)CN1C(=O)COc1ccc(Cl)cc1Cl. The molecule has 2 unspecified atom stereocenters. The number of rotatable bonds is 4. The Balaban J connectivity index is 1.99. The molecule has 2 N–H and O–H groups in total. The summed E-state index contributed by atoms with van der Waals surface area (Å²) in [5, 5.41) is 19.2. The normalized spacial score (nSPS) is 21.4. The quantitative estimate of drug-likeness (QED) is 0.870. The predicted octanol–water partition coefficient (Wildman–Crippen LogP) is 1.42. The van der Waals surface area contributed by atoms with Gasteiger partial charge < -0.3 is 19.8 Å². The molecule has 1 aromatic rings. The first-order valence-corrected chi connectivity index (χ1v) is 6.92. The van der Waals surface area contributed by atoms with E-state index in [4.69, 9.17) is 33.0 Å². The van der Waals surface area contributed by atoms with E-state index in [1.807, 2.05) is 0 Å². The van der Waals surface area contributed by atoms with Gasteiger partial charge in [-0.05, 0) is 18.2 Å². The summed E-state index contributed by atoms with van der Waals surface area (Å²) in [6.45, 7) is -0.384. The zero-order valence-electron chi connectivity index (χ0n) is 10.8. The molecule has 1 aliphatic rings. The number of aliphatic hydroxyl groups excluding tert-OH is 1. The Morgan fingerprint density at radius 3 is 2.71 bits per heavy atom. The number of β-amino-alcohol motifs (C(OH)–C–C–N with tert-alkyl or cyclic N) is 1. The molecule has 2 atom stereocenters. The lowest BCUT2D eigenvalue weighted by Gasteiger charge is -2.21. The monoisotopic (exact) mass is 333 g/mol. The van der Waals surface area contributed by atoms with Crippen molar-refractivity contribution in [2.75, 3.05) is 13.2 Å².